The number of methoxy groups -OCH3 is 2. The number of nitrogens with two attached hydrogens (primary N) is 1. The van der Waals surface area contributed by atoms with Crippen molar-refractivity contribution >= 4 is 0 Å². The summed E-state index contributed by atoms with van der Waals surface area (Å²) in [5.41, 5.74) is 9.35. The van der Waals surface area contributed by atoms with Crippen molar-refractivity contribution in [3.63, 3.8) is 0 Å². The molecule has 0 saturated heterocycles. The second-order valence-electron chi connectivity index (χ2n) is 4.70. The highest BCUT2D eigenvalue weighted by molar-refractivity contribution is 5.71. The average Bonchev–Trinajstić information content (AvgIpc) is 2.53. The van der Waals surface area contributed by atoms with Gasteiger partial charge in [-0.05, 0) is 29.7 Å². The van der Waals surface area contributed by atoms with Crippen LogP contribution in [0.5, 0.6) is 11.5 Å². The lowest BCUT2D eigenvalue weighted by Crippen LogP contribution is -2.08. The van der Waals surface area contributed by atoms with Crippen molar-refractivity contribution < 1.29 is 9.47 Å². The van der Waals surface area contributed by atoms with Crippen LogP contribution in [0.3, 0.4) is 0 Å². The van der Waals surface area contributed by atoms with E-state index >= 15 is 0 Å². The molecule has 0 radical (unpaired) electrons. The van der Waals surface area contributed by atoms with E-state index in [4.69, 9.17) is 15.2 Å². The number of rotatable bonds is 5. The SMILES string of the molecule is CCC(N)c1ccc(-c2ccc(OC)cc2OC)cc1. The molecule has 0 aliphatic carbocycles. The first kappa shape index (κ1) is 14.4. The van der Waals surface area contributed by atoms with Crippen LogP contribution in [0.15, 0.2) is 42.5 Å². The molecule has 0 aromatic heterocycles. The molecule has 2 N–H and O–H groups in total. The Balaban J connectivity index is 2.36. The van der Waals surface area contributed by atoms with E-state index in [9.17, 15) is 0 Å². The first-order valence-electron chi connectivity index (χ1n) is 6.77. The zero-order valence-corrected chi connectivity index (χ0v) is 12.2. The Morgan fingerprint density at radius 1 is 1.00 bits per heavy atom. The van der Waals surface area contributed by atoms with Gasteiger partial charge < -0.3 is 15.2 Å². The van der Waals surface area contributed by atoms with Gasteiger partial charge in [-0.15, -0.1) is 0 Å². The smallest absolute Gasteiger partial charge is 0.130 e. The molecular formula is C17H21NO2. The molecule has 2 aromatic carbocycles. The van der Waals surface area contributed by atoms with Crippen molar-refractivity contribution in [2.45, 2.75) is 19.4 Å². The molecule has 0 aliphatic heterocycles. The van der Waals surface area contributed by atoms with E-state index in [0.29, 0.717) is 0 Å². The van der Waals surface area contributed by atoms with Crippen molar-refractivity contribution in [3.8, 4) is 22.6 Å². The van der Waals surface area contributed by atoms with Crippen LogP contribution in [-0.4, -0.2) is 14.2 Å². The van der Waals surface area contributed by atoms with Crippen LogP contribution in [0.25, 0.3) is 11.1 Å². The first-order chi connectivity index (χ1) is 9.69. The van der Waals surface area contributed by atoms with Gasteiger partial charge in [-0.25, -0.2) is 0 Å². The average molecular weight is 271 g/mol. The molecule has 2 rings (SSSR count). The van der Waals surface area contributed by atoms with E-state index in [0.717, 1.165) is 34.6 Å². The molecule has 0 spiro atoms. The van der Waals surface area contributed by atoms with Crippen molar-refractivity contribution in [2.24, 2.45) is 5.73 Å². The minimum absolute atomic E-state index is 0.0989. The van der Waals surface area contributed by atoms with Crippen LogP contribution in [-0.2, 0) is 0 Å². The highest BCUT2D eigenvalue weighted by Gasteiger charge is 2.09. The van der Waals surface area contributed by atoms with Crippen LogP contribution >= 0.6 is 0 Å². The van der Waals surface area contributed by atoms with E-state index in [1.165, 1.54) is 0 Å². The van der Waals surface area contributed by atoms with Gasteiger partial charge in [-0.3, -0.25) is 0 Å². The summed E-state index contributed by atoms with van der Waals surface area (Å²) in [6.45, 7) is 2.09. The van der Waals surface area contributed by atoms with Gasteiger partial charge in [0.15, 0.2) is 0 Å². The predicted octanol–water partition coefficient (Wildman–Crippen LogP) is 3.78. The van der Waals surface area contributed by atoms with E-state index in [1.807, 2.05) is 18.2 Å². The van der Waals surface area contributed by atoms with Crippen LogP contribution in [0.1, 0.15) is 24.9 Å². The van der Waals surface area contributed by atoms with Crippen LogP contribution < -0.4 is 15.2 Å². The van der Waals surface area contributed by atoms with Crippen LogP contribution in [0.4, 0.5) is 0 Å². The zero-order chi connectivity index (χ0) is 14.5. The summed E-state index contributed by atoms with van der Waals surface area (Å²) in [6.07, 6.45) is 0.936. The van der Waals surface area contributed by atoms with Gasteiger partial charge >= 0.3 is 0 Å². The van der Waals surface area contributed by atoms with E-state index in [2.05, 4.69) is 31.2 Å². The predicted molar refractivity (Wildman–Crippen MR) is 82.2 cm³/mol. The van der Waals surface area contributed by atoms with Crippen molar-refractivity contribution in [3.05, 3.63) is 48.0 Å². The van der Waals surface area contributed by atoms with E-state index in [-0.39, 0.29) is 6.04 Å². The largest absolute Gasteiger partial charge is 0.497 e. The Hall–Kier alpha value is -2.00. The van der Waals surface area contributed by atoms with Crippen LogP contribution in [0, 0.1) is 0 Å². The Morgan fingerprint density at radius 2 is 1.70 bits per heavy atom. The topological polar surface area (TPSA) is 44.5 Å². The van der Waals surface area contributed by atoms with Gasteiger partial charge in [0.25, 0.3) is 0 Å². The Labute approximate surface area is 120 Å². The first-order valence-corrected chi connectivity index (χ1v) is 6.77. The highest BCUT2D eigenvalue weighted by Crippen LogP contribution is 2.33. The minimum atomic E-state index is 0.0989. The normalized spacial score (nSPS) is 12.0. The van der Waals surface area contributed by atoms with Gasteiger partial charge in [0.1, 0.15) is 11.5 Å². The summed E-state index contributed by atoms with van der Waals surface area (Å²) in [6, 6.07) is 14.2. The molecule has 106 valence electrons. The Bertz CT molecular complexity index is 564. The highest BCUT2D eigenvalue weighted by atomic mass is 16.5. The molecule has 0 heterocycles. The summed E-state index contributed by atoms with van der Waals surface area (Å²) < 4.78 is 10.7. The number of benzene rings is 2. The Morgan fingerprint density at radius 3 is 2.25 bits per heavy atom. The van der Waals surface area contributed by atoms with Crippen LogP contribution in [0.2, 0.25) is 0 Å². The van der Waals surface area contributed by atoms with Crippen molar-refractivity contribution in [1.82, 2.24) is 0 Å². The lowest BCUT2D eigenvalue weighted by atomic mass is 9.99. The summed E-state index contributed by atoms with van der Waals surface area (Å²) in [5.74, 6) is 1.59. The molecule has 3 heteroatoms. The minimum Gasteiger partial charge on any atom is -0.497 e. The third-order valence-electron chi connectivity index (χ3n) is 3.50. The third kappa shape index (κ3) is 2.94. The Kier molecular flexibility index (Phi) is 4.64. The molecule has 0 amide bonds. The quantitative estimate of drug-likeness (QED) is 0.900. The van der Waals surface area contributed by atoms with Gasteiger partial charge in [-0.1, -0.05) is 31.2 Å². The number of hydrogen-bond acceptors (Lipinski definition) is 3. The molecule has 20 heavy (non-hydrogen) atoms. The fourth-order valence-corrected chi connectivity index (χ4v) is 2.18. The molecular weight excluding hydrogens is 250 g/mol. The van der Waals surface area contributed by atoms with Gasteiger partial charge in [0, 0.05) is 17.7 Å². The second kappa shape index (κ2) is 6.44. The maximum absolute atomic E-state index is 6.04. The molecule has 0 fully saturated rings. The standard InChI is InChI=1S/C17H21NO2/c1-4-16(18)13-7-5-12(6-8-13)15-10-9-14(19-2)11-17(15)20-3/h5-11,16H,4,18H2,1-3H3. The summed E-state index contributed by atoms with van der Waals surface area (Å²) >= 11 is 0. The molecule has 0 saturated carbocycles. The van der Waals surface area contributed by atoms with E-state index < -0.39 is 0 Å². The lowest BCUT2D eigenvalue weighted by molar-refractivity contribution is 0.395. The third-order valence-corrected chi connectivity index (χ3v) is 3.50. The fraction of sp³-hybridized carbons (Fsp3) is 0.294. The van der Waals surface area contributed by atoms with Crippen molar-refractivity contribution in [2.75, 3.05) is 14.2 Å². The maximum atomic E-state index is 6.04. The zero-order valence-electron chi connectivity index (χ0n) is 12.2. The monoisotopic (exact) mass is 271 g/mol. The molecule has 2 aromatic rings. The molecule has 0 bridgehead atoms. The summed E-state index contributed by atoms with van der Waals surface area (Å²) in [5, 5.41) is 0. The lowest BCUT2D eigenvalue weighted by Gasteiger charge is -2.13. The van der Waals surface area contributed by atoms with Gasteiger partial charge in [0.2, 0.25) is 0 Å². The number of ether oxygens (including phenoxy) is 2. The van der Waals surface area contributed by atoms with Crippen molar-refractivity contribution in [1.29, 1.82) is 0 Å². The maximum Gasteiger partial charge on any atom is 0.130 e. The second-order valence-corrected chi connectivity index (χ2v) is 4.70. The summed E-state index contributed by atoms with van der Waals surface area (Å²) in [7, 11) is 3.31. The fourth-order valence-electron chi connectivity index (χ4n) is 2.18. The van der Waals surface area contributed by atoms with Gasteiger partial charge in [-0.2, -0.15) is 0 Å². The van der Waals surface area contributed by atoms with Gasteiger partial charge in [0.05, 0.1) is 14.2 Å². The number of hydrogen-bond donors (Lipinski definition) is 1. The molecule has 3 nitrogen and oxygen atoms in total. The molecule has 1 unspecified atom stereocenters. The summed E-state index contributed by atoms with van der Waals surface area (Å²) in [4.78, 5) is 0. The molecule has 0 aliphatic rings. The molecule has 1 atom stereocenters. The van der Waals surface area contributed by atoms with E-state index in [1.54, 1.807) is 14.2 Å².